The van der Waals surface area contributed by atoms with Crippen molar-refractivity contribution in [2.75, 3.05) is 6.61 Å². The topological polar surface area (TPSA) is 35.0 Å². The molecule has 0 amide bonds. The number of rotatable bonds is 17. The third kappa shape index (κ3) is 10.2. The second-order valence-corrected chi connectivity index (χ2v) is 10.2. The van der Waals surface area contributed by atoms with E-state index in [2.05, 4.69) is 9.97 Å². The van der Waals surface area contributed by atoms with Gasteiger partial charge in [0, 0.05) is 18.0 Å². The quantitative estimate of drug-likeness (QED) is 0.209. The number of alkyl halides is 2. The highest BCUT2D eigenvalue weighted by Gasteiger charge is 2.20. The van der Waals surface area contributed by atoms with E-state index in [1.807, 2.05) is 31.5 Å². The van der Waals surface area contributed by atoms with Gasteiger partial charge in [-0.1, -0.05) is 84.0 Å². The Morgan fingerprint density at radius 1 is 0.857 bits per heavy atom. The smallest absolute Gasteiger partial charge is 0.165 e. The average molecular weight is 487 g/mol. The van der Waals surface area contributed by atoms with Gasteiger partial charge in [0.2, 0.25) is 0 Å². The number of hydrogen-bond donors (Lipinski definition) is 0. The Balaban J connectivity index is 1.32. The Hall–Kier alpha value is -2.04. The number of nitrogens with zero attached hydrogens (tertiary/aromatic N) is 2. The first kappa shape index (κ1) is 27.5. The maximum absolute atomic E-state index is 14.0. The van der Waals surface area contributed by atoms with E-state index in [4.69, 9.17) is 4.74 Å². The van der Waals surface area contributed by atoms with Crippen LogP contribution in [0.25, 0.3) is 11.4 Å². The molecular formula is C30H44F2N2O. The summed E-state index contributed by atoms with van der Waals surface area (Å²) < 4.78 is 33.3. The minimum atomic E-state index is -1.60. The van der Waals surface area contributed by atoms with Gasteiger partial charge in [-0.25, -0.2) is 18.7 Å². The average Bonchev–Trinajstić information content (AvgIpc) is 3.41. The molecule has 0 radical (unpaired) electrons. The van der Waals surface area contributed by atoms with Crippen molar-refractivity contribution in [1.82, 2.24) is 9.97 Å². The molecule has 1 saturated carbocycles. The van der Waals surface area contributed by atoms with Gasteiger partial charge in [-0.3, -0.25) is 0 Å². The minimum Gasteiger partial charge on any atom is -0.490 e. The monoisotopic (exact) mass is 486 g/mol. The normalized spacial score (nSPS) is 15.9. The number of ether oxygens (including phenoxy) is 1. The molecule has 1 aromatic carbocycles. The molecule has 35 heavy (non-hydrogen) atoms. The van der Waals surface area contributed by atoms with Gasteiger partial charge < -0.3 is 4.74 Å². The van der Waals surface area contributed by atoms with E-state index in [1.165, 1.54) is 69.8 Å². The van der Waals surface area contributed by atoms with Gasteiger partial charge in [0.05, 0.1) is 0 Å². The van der Waals surface area contributed by atoms with Gasteiger partial charge in [-0.05, 0) is 55.0 Å². The lowest BCUT2D eigenvalue weighted by atomic mass is 9.99. The Morgan fingerprint density at radius 2 is 1.54 bits per heavy atom. The van der Waals surface area contributed by atoms with Crippen LogP contribution in [-0.4, -0.2) is 28.9 Å². The standard InChI is InChI=1S/C30H44F2N2O/c1-2-3-7-16-28(31)29(32)23-35-27-19-17-26(18-20-27)30-33-21-25(22-34-30)15-9-6-4-5-8-12-24-13-10-11-14-24/h17-22,24,28-29H,2-16,23H2,1H3. The molecule has 2 atom stereocenters. The van der Waals surface area contributed by atoms with Crippen LogP contribution in [0.2, 0.25) is 0 Å². The summed E-state index contributed by atoms with van der Waals surface area (Å²) in [7, 11) is 0. The van der Waals surface area contributed by atoms with Gasteiger partial charge in [0.15, 0.2) is 12.0 Å². The maximum atomic E-state index is 14.0. The van der Waals surface area contributed by atoms with E-state index >= 15 is 0 Å². The highest BCUT2D eigenvalue weighted by molar-refractivity contribution is 5.55. The van der Waals surface area contributed by atoms with Crippen molar-refractivity contribution in [2.45, 2.75) is 116 Å². The van der Waals surface area contributed by atoms with E-state index in [1.54, 1.807) is 12.1 Å². The molecule has 1 aliphatic carbocycles. The summed E-state index contributed by atoms with van der Waals surface area (Å²) in [6.45, 7) is 1.78. The summed E-state index contributed by atoms with van der Waals surface area (Å²) in [6.07, 6.45) is 18.5. The molecule has 1 heterocycles. The largest absolute Gasteiger partial charge is 0.490 e. The van der Waals surface area contributed by atoms with E-state index < -0.39 is 12.3 Å². The van der Waals surface area contributed by atoms with Crippen molar-refractivity contribution in [3.8, 4) is 17.1 Å². The second-order valence-electron chi connectivity index (χ2n) is 10.2. The molecule has 0 spiro atoms. The predicted octanol–water partition coefficient (Wildman–Crippen LogP) is 8.85. The Labute approximate surface area is 211 Å². The number of benzene rings is 1. The van der Waals surface area contributed by atoms with Crippen molar-refractivity contribution in [3.63, 3.8) is 0 Å². The first-order valence-corrected chi connectivity index (χ1v) is 14.0. The van der Waals surface area contributed by atoms with E-state index in [9.17, 15) is 8.78 Å². The van der Waals surface area contributed by atoms with Crippen LogP contribution < -0.4 is 4.74 Å². The molecule has 0 saturated heterocycles. The van der Waals surface area contributed by atoms with Crippen molar-refractivity contribution < 1.29 is 13.5 Å². The van der Waals surface area contributed by atoms with Crippen LogP contribution in [0.3, 0.4) is 0 Å². The first-order valence-electron chi connectivity index (χ1n) is 14.0. The molecule has 0 bridgehead atoms. The van der Waals surface area contributed by atoms with Crippen LogP contribution in [0.5, 0.6) is 5.75 Å². The molecule has 1 fully saturated rings. The highest BCUT2D eigenvalue weighted by atomic mass is 19.2. The molecule has 1 aromatic heterocycles. The maximum Gasteiger partial charge on any atom is 0.165 e. The lowest BCUT2D eigenvalue weighted by Crippen LogP contribution is -2.24. The molecule has 3 nitrogen and oxygen atoms in total. The van der Waals surface area contributed by atoms with Crippen LogP contribution in [0.15, 0.2) is 36.7 Å². The van der Waals surface area contributed by atoms with Gasteiger partial charge in [-0.2, -0.15) is 0 Å². The van der Waals surface area contributed by atoms with Crippen LogP contribution >= 0.6 is 0 Å². The summed E-state index contributed by atoms with van der Waals surface area (Å²) in [5.74, 6) is 2.21. The molecule has 2 aromatic rings. The van der Waals surface area contributed by atoms with Crippen LogP contribution in [-0.2, 0) is 6.42 Å². The van der Waals surface area contributed by atoms with Crippen molar-refractivity contribution in [3.05, 3.63) is 42.2 Å². The molecular weight excluding hydrogens is 442 g/mol. The van der Waals surface area contributed by atoms with E-state index in [0.717, 1.165) is 30.7 Å². The van der Waals surface area contributed by atoms with Crippen LogP contribution in [0.4, 0.5) is 8.78 Å². The molecule has 5 heteroatoms. The second kappa shape index (κ2) is 15.9. The van der Waals surface area contributed by atoms with Crippen molar-refractivity contribution >= 4 is 0 Å². The number of halogens is 2. The molecule has 0 N–H and O–H groups in total. The Morgan fingerprint density at radius 3 is 2.26 bits per heavy atom. The fraction of sp³-hybridized carbons (Fsp3) is 0.667. The zero-order valence-electron chi connectivity index (χ0n) is 21.6. The zero-order valence-corrected chi connectivity index (χ0v) is 21.6. The number of unbranched alkanes of at least 4 members (excludes halogenated alkanes) is 6. The van der Waals surface area contributed by atoms with Gasteiger partial charge in [0.1, 0.15) is 18.5 Å². The van der Waals surface area contributed by atoms with Gasteiger partial charge >= 0.3 is 0 Å². The molecule has 0 aliphatic heterocycles. The third-order valence-electron chi connectivity index (χ3n) is 7.26. The third-order valence-corrected chi connectivity index (χ3v) is 7.26. The number of aryl methyl sites for hydroxylation is 1. The SMILES string of the molecule is CCCCCC(F)C(F)COc1ccc(-c2ncc(CCCCCCCC3CCCC3)cn2)cc1. The number of hydrogen-bond acceptors (Lipinski definition) is 3. The lowest BCUT2D eigenvalue weighted by Gasteiger charge is -2.14. The molecule has 1 aliphatic rings. The highest BCUT2D eigenvalue weighted by Crippen LogP contribution is 2.29. The summed E-state index contributed by atoms with van der Waals surface area (Å²) in [5, 5.41) is 0. The zero-order chi connectivity index (χ0) is 24.7. The van der Waals surface area contributed by atoms with Crippen LogP contribution in [0.1, 0.15) is 102 Å². The van der Waals surface area contributed by atoms with Gasteiger partial charge in [-0.15, -0.1) is 0 Å². The lowest BCUT2D eigenvalue weighted by molar-refractivity contribution is 0.102. The molecule has 3 rings (SSSR count). The molecule has 194 valence electrons. The Bertz CT molecular complexity index is 806. The van der Waals surface area contributed by atoms with Gasteiger partial charge in [0.25, 0.3) is 0 Å². The Kier molecular flexibility index (Phi) is 12.5. The fourth-order valence-corrected chi connectivity index (χ4v) is 4.98. The number of aromatic nitrogens is 2. The van der Waals surface area contributed by atoms with Crippen molar-refractivity contribution in [2.24, 2.45) is 5.92 Å². The van der Waals surface area contributed by atoms with Crippen LogP contribution in [0, 0.1) is 5.92 Å². The molecule has 2 unspecified atom stereocenters. The minimum absolute atomic E-state index is 0.255. The van der Waals surface area contributed by atoms with E-state index in [-0.39, 0.29) is 13.0 Å². The summed E-state index contributed by atoms with van der Waals surface area (Å²) >= 11 is 0. The predicted molar refractivity (Wildman–Crippen MR) is 140 cm³/mol. The van der Waals surface area contributed by atoms with E-state index in [0.29, 0.717) is 18.0 Å². The summed E-state index contributed by atoms with van der Waals surface area (Å²) in [4.78, 5) is 9.04. The first-order chi connectivity index (χ1) is 17.2. The summed E-state index contributed by atoms with van der Waals surface area (Å²) in [5.41, 5.74) is 2.05. The fourth-order valence-electron chi connectivity index (χ4n) is 4.98. The summed E-state index contributed by atoms with van der Waals surface area (Å²) in [6, 6.07) is 7.24. The van der Waals surface area contributed by atoms with Crippen molar-refractivity contribution in [1.29, 1.82) is 0 Å².